The number of carbonyl (C=O) groups excluding carboxylic acids is 5. The molecule has 2 atom stereocenters. The molecule has 14 nitrogen and oxygen atoms in total. The molecule has 5 amide bonds. The largest absolute Gasteiger partial charge is 0.371 e. The normalized spacial score (nSPS) is 21.2. The van der Waals surface area contributed by atoms with Gasteiger partial charge in [0.1, 0.15) is 11.7 Å². The molecule has 3 N–H and O–H groups in total. The summed E-state index contributed by atoms with van der Waals surface area (Å²) in [6, 6.07) is 14.7. The van der Waals surface area contributed by atoms with Crippen molar-refractivity contribution < 1.29 is 24.0 Å². The van der Waals surface area contributed by atoms with E-state index in [4.69, 9.17) is 5.73 Å². The summed E-state index contributed by atoms with van der Waals surface area (Å²) in [7, 11) is 0. The number of anilines is 1. The summed E-state index contributed by atoms with van der Waals surface area (Å²) >= 11 is 0. The number of primary amides is 1. The van der Waals surface area contributed by atoms with Crippen LogP contribution in [0.2, 0.25) is 0 Å². The van der Waals surface area contributed by atoms with Crippen LogP contribution >= 0.6 is 0 Å². The van der Waals surface area contributed by atoms with Gasteiger partial charge in [-0.05, 0) is 86.0 Å². The number of fused-ring (bicyclic) bond motifs is 1. The number of likely N-dealkylation sites (tertiary alicyclic amines) is 1. The van der Waals surface area contributed by atoms with Gasteiger partial charge in [0.25, 0.3) is 17.7 Å². The third-order valence-electron chi connectivity index (χ3n) is 10.8. The van der Waals surface area contributed by atoms with Crippen molar-refractivity contribution in [2.75, 3.05) is 37.6 Å². The van der Waals surface area contributed by atoms with Crippen molar-refractivity contribution in [3.8, 4) is 5.82 Å². The zero-order valence-electron chi connectivity index (χ0n) is 28.6. The van der Waals surface area contributed by atoms with Crippen molar-refractivity contribution in [2.45, 2.75) is 50.5 Å². The van der Waals surface area contributed by atoms with Crippen LogP contribution in [0.25, 0.3) is 5.82 Å². The van der Waals surface area contributed by atoms with E-state index in [1.807, 2.05) is 6.07 Å². The molecule has 6 heterocycles. The molecule has 3 fully saturated rings. The third kappa shape index (κ3) is 6.45. The van der Waals surface area contributed by atoms with Crippen molar-refractivity contribution in [1.82, 2.24) is 34.9 Å². The predicted octanol–water partition coefficient (Wildman–Crippen LogP) is 2.46. The van der Waals surface area contributed by atoms with Crippen LogP contribution in [0.15, 0.2) is 67.1 Å². The quantitative estimate of drug-likeness (QED) is 0.247. The van der Waals surface area contributed by atoms with E-state index in [-0.39, 0.29) is 24.4 Å². The summed E-state index contributed by atoms with van der Waals surface area (Å²) < 4.78 is 1.60. The number of imide groups is 2. The predicted molar refractivity (Wildman–Crippen MR) is 189 cm³/mol. The van der Waals surface area contributed by atoms with Gasteiger partial charge in [-0.1, -0.05) is 24.3 Å². The van der Waals surface area contributed by atoms with Gasteiger partial charge in [-0.25, -0.2) is 14.6 Å². The molecule has 2 aromatic carbocycles. The van der Waals surface area contributed by atoms with Gasteiger partial charge < -0.3 is 15.5 Å². The molecular formula is C38H39N9O5. The lowest BCUT2D eigenvalue weighted by atomic mass is 9.88. The first-order chi connectivity index (χ1) is 25.2. The fourth-order valence-corrected chi connectivity index (χ4v) is 8.05. The van der Waals surface area contributed by atoms with Crippen molar-refractivity contribution >= 4 is 35.2 Å². The lowest BCUT2D eigenvalue weighted by Crippen LogP contribution is -2.54. The molecule has 14 heteroatoms. The van der Waals surface area contributed by atoms with Crippen LogP contribution in [0.4, 0.5) is 5.69 Å². The second kappa shape index (κ2) is 13.8. The Balaban J connectivity index is 0.841. The number of nitrogens with two attached hydrogens (primary N) is 1. The van der Waals surface area contributed by atoms with Crippen molar-refractivity contribution in [3.05, 3.63) is 101 Å². The minimum Gasteiger partial charge on any atom is -0.371 e. The topological polar surface area (TPSA) is 177 Å². The van der Waals surface area contributed by atoms with Gasteiger partial charge in [0.2, 0.25) is 11.8 Å². The van der Waals surface area contributed by atoms with E-state index < -0.39 is 29.7 Å². The Morgan fingerprint density at radius 2 is 1.71 bits per heavy atom. The van der Waals surface area contributed by atoms with Gasteiger partial charge in [-0.2, -0.15) is 5.10 Å². The highest BCUT2D eigenvalue weighted by Crippen LogP contribution is 2.34. The van der Waals surface area contributed by atoms with Gasteiger partial charge in [-0.3, -0.25) is 34.2 Å². The fourth-order valence-electron chi connectivity index (χ4n) is 8.05. The first kappa shape index (κ1) is 33.4. The standard InChI is InChI=1S/C38H39N9O5/c39-35(49)34-30(42-32(20-40-34)46-14-1-13-41-46)18-23-2-4-25(5-3-23)26-11-15-44(16-12-26)21-24-10-17-45(22-24)27-6-7-28-29(19-27)38(52)47(37(28)51)31-8-9-33(48)43-36(31)50/h1-7,13-14,19-20,24,26,31H,8-12,15-18,21-22H2,(H2,39,49)(H,43,48,50)/t24-,31?/m1/s1. The van der Waals surface area contributed by atoms with Crippen LogP contribution in [0.5, 0.6) is 0 Å². The number of carbonyl (C=O) groups is 5. The Labute approximate surface area is 300 Å². The Kier molecular flexibility index (Phi) is 8.83. The van der Waals surface area contributed by atoms with E-state index in [1.54, 1.807) is 35.3 Å². The lowest BCUT2D eigenvalue weighted by Gasteiger charge is -2.34. The van der Waals surface area contributed by atoms with E-state index in [0.717, 1.165) is 68.1 Å². The van der Waals surface area contributed by atoms with Crippen LogP contribution in [0.1, 0.15) is 86.0 Å². The number of benzene rings is 2. The number of nitrogens with zero attached hydrogens (tertiary/aromatic N) is 7. The second-order valence-corrected chi connectivity index (χ2v) is 14.1. The highest BCUT2D eigenvalue weighted by Gasteiger charge is 2.45. The molecule has 52 heavy (non-hydrogen) atoms. The number of hydrogen-bond acceptors (Lipinski definition) is 10. The SMILES string of the molecule is NC(=O)c1ncc(-n2cccn2)nc1Cc1ccc(C2CCN(C[C@H]3CCN(c4ccc5c(c4)C(=O)N(C4CCC(=O)NC4=O)C5=O)C3)CC2)cc1. The molecule has 0 radical (unpaired) electrons. The lowest BCUT2D eigenvalue weighted by molar-refractivity contribution is -0.136. The smallest absolute Gasteiger partial charge is 0.269 e. The monoisotopic (exact) mass is 701 g/mol. The van der Waals surface area contributed by atoms with E-state index in [2.05, 4.69) is 54.4 Å². The minimum atomic E-state index is -0.969. The van der Waals surface area contributed by atoms with E-state index in [9.17, 15) is 24.0 Å². The summed E-state index contributed by atoms with van der Waals surface area (Å²) in [6.45, 7) is 4.78. The molecule has 8 rings (SSSR count). The van der Waals surface area contributed by atoms with Crippen LogP contribution in [-0.2, 0) is 16.0 Å². The number of piperidine rings is 2. The van der Waals surface area contributed by atoms with Crippen molar-refractivity contribution in [1.29, 1.82) is 0 Å². The molecule has 0 saturated carbocycles. The number of amides is 5. The molecule has 0 spiro atoms. The molecule has 1 unspecified atom stereocenters. The molecule has 266 valence electrons. The molecule has 0 bridgehead atoms. The Bertz CT molecular complexity index is 2060. The summed E-state index contributed by atoms with van der Waals surface area (Å²) in [5.41, 5.74) is 10.1. The Morgan fingerprint density at radius 1 is 0.923 bits per heavy atom. The highest BCUT2D eigenvalue weighted by molar-refractivity contribution is 6.23. The average molecular weight is 702 g/mol. The maximum atomic E-state index is 13.3. The molecule has 0 aliphatic carbocycles. The summed E-state index contributed by atoms with van der Waals surface area (Å²) in [6.07, 6.45) is 8.78. The van der Waals surface area contributed by atoms with Crippen LogP contribution < -0.4 is 16.0 Å². The van der Waals surface area contributed by atoms with Crippen LogP contribution in [0, 0.1) is 5.92 Å². The zero-order valence-corrected chi connectivity index (χ0v) is 28.6. The Hall–Kier alpha value is -5.76. The summed E-state index contributed by atoms with van der Waals surface area (Å²) in [5.74, 6) is -1.08. The average Bonchev–Trinajstić information content (AvgIpc) is 3.90. The van der Waals surface area contributed by atoms with Gasteiger partial charge in [-0.15, -0.1) is 0 Å². The van der Waals surface area contributed by atoms with E-state index in [0.29, 0.717) is 40.9 Å². The fraction of sp³-hybridized carbons (Fsp3) is 0.368. The molecular weight excluding hydrogens is 662 g/mol. The molecule has 2 aromatic heterocycles. The summed E-state index contributed by atoms with van der Waals surface area (Å²) in [5, 5.41) is 6.45. The first-order valence-electron chi connectivity index (χ1n) is 17.8. The van der Waals surface area contributed by atoms with E-state index in [1.165, 1.54) is 11.8 Å². The number of nitrogens with one attached hydrogen (secondary N) is 1. The number of rotatable bonds is 9. The third-order valence-corrected chi connectivity index (χ3v) is 10.8. The molecule has 4 aromatic rings. The van der Waals surface area contributed by atoms with Gasteiger partial charge >= 0.3 is 0 Å². The Morgan fingerprint density at radius 3 is 2.44 bits per heavy atom. The van der Waals surface area contributed by atoms with Crippen LogP contribution in [-0.4, -0.2) is 97.8 Å². The second-order valence-electron chi connectivity index (χ2n) is 14.1. The first-order valence-corrected chi connectivity index (χ1v) is 17.8. The maximum Gasteiger partial charge on any atom is 0.269 e. The highest BCUT2D eigenvalue weighted by atomic mass is 16.2. The minimum absolute atomic E-state index is 0.0946. The van der Waals surface area contributed by atoms with Crippen LogP contribution in [0.3, 0.4) is 0 Å². The number of aromatic nitrogens is 4. The molecule has 4 aliphatic rings. The van der Waals surface area contributed by atoms with E-state index >= 15 is 0 Å². The van der Waals surface area contributed by atoms with Gasteiger partial charge in [0.05, 0.1) is 23.0 Å². The van der Waals surface area contributed by atoms with Gasteiger partial charge in [0, 0.05) is 50.6 Å². The molecule has 3 saturated heterocycles. The van der Waals surface area contributed by atoms with Gasteiger partial charge in [0.15, 0.2) is 5.82 Å². The zero-order chi connectivity index (χ0) is 35.9. The summed E-state index contributed by atoms with van der Waals surface area (Å²) in [4.78, 5) is 77.3. The molecule has 4 aliphatic heterocycles. The van der Waals surface area contributed by atoms with Crippen molar-refractivity contribution in [3.63, 3.8) is 0 Å². The maximum absolute atomic E-state index is 13.3. The van der Waals surface area contributed by atoms with Crippen molar-refractivity contribution in [2.24, 2.45) is 11.7 Å². The number of hydrogen-bond donors (Lipinski definition) is 2.